The van der Waals surface area contributed by atoms with Gasteiger partial charge >= 0.3 is 5.97 Å². The molecule has 0 aromatic heterocycles. The van der Waals surface area contributed by atoms with Crippen LogP contribution in [0.15, 0.2) is 41.4 Å². The lowest BCUT2D eigenvalue weighted by molar-refractivity contribution is 0.0692. The topological polar surface area (TPSA) is 58.9 Å². The highest BCUT2D eigenvalue weighted by Gasteiger charge is 2.11. The monoisotopic (exact) mass is 317 g/mol. The van der Waals surface area contributed by atoms with Gasteiger partial charge in [-0.25, -0.2) is 4.79 Å². The Labute approximate surface area is 134 Å². The van der Waals surface area contributed by atoms with Gasteiger partial charge in [-0.1, -0.05) is 17.7 Å². The Morgan fingerprint density at radius 2 is 2.09 bits per heavy atom. The summed E-state index contributed by atoms with van der Waals surface area (Å²) in [5, 5.41) is 9.85. The van der Waals surface area contributed by atoms with Crippen LogP contribution in [-0.2, 0) is 0 Å². The Kier molecular flexibility index (Phi) is 5.17. The summed E-state index contributed by atoms with van der Waals surface area (Å²) in [7, 11) is 0. The van der Waals surface area contributed by atoms with Gasteiger partial charge in [0, 0.05) is 11.2 Å². The summed E-state index contributed by atoms with van der Waals surface area (Å²) in [5.74, 6) is -0.677. The molecular weight excluding hydrogens is 302 g/mol. The van der Waals surface area contributed by atoms with Crippen molar-refractivity contribution in [2.75, 3.05) is 6.61 Å². The summed E-state index contributed by atoms with van der Waals surface area (Å²) in [6.07, 6.45) is 1.61. The molecule has 0 aliphatic rings. The van der Waals surface area contributed by atoms with Gasteiger partial charge in [-0.2, -0.15) is 0 Å². The third kappa shape index (κ3) is 3.86. The predicted molar refractivity (Wildman–Crippen MR) is 88.0 cm³/mol. The molecule has 0 saturated heterocycles. The second kappa shape index (κ2) is 7.09. The van der Waals surface area contributed by atoms with E-state index in [1.54, 1.807) is 30.5 Å². The van der Waals surface area contributed by atoms with Crippen molar-refractivity contribution in [3.63, 3.8) is 0 Å². The molecule has 1 N–H and O–H groups in total. The van der Waals surface area contributed by atoms with E-state index in [0.717, 1.165) is 11.3 Å². The molecule has 0 aliphatic heterocycles. The quantitative estimate of drug-likeness (QED) is 0.826. The van der Waals surface area contributed by atoms with Gasteiger partial charge in [0.2, 0.25) is 0 Å². The molecule has 0 spiro atoms. The highest BCUT2D eigenvalue weighted by Crippen LogP contribution is 2.24. The SMILES string of the molecule is CCOc1ccc(C=Nc2cc(Cl)ccc2C)cc1C(=O)O. The number of aryl methyl sites for hydroxylation is 1. The van der Waals surface area contributed by atoms with Gasteiger partial charge in [-0.05, 0) is 55.3 Å². The molecule has 2 aromatic rings. The molecular formula is C17H16ClNO3. The van der Waals surface area contributed by atoms with Crippen LogP contribution in [0.3, 0.4) is 0 Å². The van der Waals surface area contributed by atoms with Crippen LogP contribution in [0, 0.1) is 6.92 Å². The van der Waals surface area contributed by atoms with Gasteiger partial charge in [0.05, 0.1) is 12.3 Å². The lowest BCUT2D eigenvalue weighted by Crippen LogP contribution is -2.03. The van der Waals surface area contributed by atoms with Gasteiger partial charge in [-0.15, -0.1) is 0 Å². The smallest absolute Gasteiger partial charge is 0.339 e. The fourth-order valence-electron chi connectivity index (χ4n) is 1.94. The largest absolute Gasteiger partial charge is 0.493 e. The minimum Gasteiger partial charge on any atom is -0.493 e. The predicted octanol–water partition coefficient (Wildman–Crippen LogP) is 4.50. The number of aliphatic imine (C=N–C) groups is 1. The first-order valence-corrected chi connectivity index (χ1v) is 7.19. The highest BCUT2D eigenvalue weighted by molar-refractivity contribution is 6.30. The average Bonchev–Trinajstić information content (AvgIpc) is 2.49. The normalized spacial score (nSPS) is 10.9. The molecule has 0 fully saturated rings. The first kappa shape index (κ1) is 16.0. The summed E-state index contributed by atoms with van der Waals surface area (Å²) < 4.78 is 5.31. The number of carboxylic acid groups (broad SMARTS) is 1. The van der Waals surface area contributed by atoms with Gasteiger partial charge in [0.15, 0.2) is 0 Å². The maximum Gasteiger partial charge on any atom is 0.339 e. The van der Waals surface area contributed by atoms with Crippen LogP contribution in [0.25, 0.3) is 0 Å². The Morgan fingerprint density at radius 3 is 2.77 bits per heavy atom. The number of hydrogen-bond donors (Lipinski definition) is 1. The maximum atomic E-state index is 11.3. The van der Waals surface area contributed by atoms with Crippen LogP contribution in [0.2, 0.25) is 5.02 Å². The molecule has 0 amide bonds. The number of benzene rings is 2. The van der Waals surface area contributed by atoms with Crippen molar-refractivity contribution in [2.24, 2.45) is 4.99 Å². The molecule has 4 nitrogen and oxygen atoms in total. The van der Waals surface area contributed by atoms with Crippen molar-refractivity contribution in [2.45, 2.75) is 13.8 Å². The molecule has 2 aromatic carbocycles. The fraction of sp³-hybridized carbons (Fsp3) is 0.176. The number of hydrogen-bond acceptors (Lipinski definition) is 3. The number of carboxylic acids is 1. The van der Waals surface area contributed by atoms with Crippen molar-refractivity contribution in [1.29, 1.82) is 0 Å². The van der Waals surface area contributed by atoms with Crippen LogP contribution < -0.4 is 4.74 Å². The Balaban J connectivity index is 2.33. The van der Waals surface area contributed by atoms with Crippen molar-refractivity contribution >= 4 is 29.5 Å². The van der Waals surface area contributed by atoms with Crippen molar-refractivity contribution in [1.82, 2.24) is 0 Å². The van der Waals surface area contributed by atoms with Gasteiger partial charge in [0.1, 0.15) is 11.3 Å². The number of ether oxygens (including phenoxy) is 1. The summed E-state index contributed by atoms with van der Waals surface area (Å²) in [4.78, 5) is 15.6. The number of halogens is 1. The third-order valence-corrected chi connectivity index (χ3v) is 3.29. The Morgan fingerprint density at radius 1 is 1.32 bits per heavy atom. The highest BCUT2D eigenvalue weighted by atomic mass is 35.5. The zero-order chi connectivity index (χ0) is 16.1. The average molecular weight is 318 g/mol. The van der Waals surface area contributed by atoms with Gasteiger partial charge in [-0.3, -0.25) is 4.99 Å². The molecule has 22 heavy (non-hydrogen) atoms. The van der Waals surface area contributed by atoms with E-state index in [4.69, 9.17) is 16.3 Å². The first-order valence-electron chi connectivity index (χ1n) is 6.81. The third-order valence-electron chi connectivity index (χ3n) is 3.06. The summed E-state index contributed by atoms with van der Waals surface area (Å²) >= 11 is 5.95. The van der Waals surface area contributed by atoms with E-state index in [2.05, 4.69) is 4.99 Å². The number of carbonyl (C=O) groups is 1. The second-order valence-electron chi connectivity index (χ2n) is 4.68. The van der Waals surface area contributed by atoms with E-state index in [-0.39, 0.29) is 5.56 Å². The van der Waals surface area contributed by atoms with Crippen molar-refractivity contribution < 1.29 is 14.6 Å². The summed E-state index contributed by atoms with van der Waals surface area (Å²) in [6, 6.07) is 10.4. The van der Waals surface area contributed by atoms with Crippen molar-refractivity contribution in [3.05, 3.63) is 58.1 Å². The maximum absolute atomic E-state index is 11.3. The van der Waals surface area contributed by atoms with Gasteiger partial charge < -0.3 is 9.84 Å². The van der Waals surface area contributed by atoms with E-state index < -0.39 is 5.97 Å². The molecule has 0 saturated carbocycles. The second-order valence-corrected chi connectivity index (χ2v) is 5.12. The lowest BCUT2D eigenvalue weighted by atomic mass is 10.1. The van der Waals surface area contributed by atoms with E-state index in [1.165, 1.54) is 6.07 Å². The van der Waals surface area contributed by atoms with Crippen LogP contribution in [0.5, 0.6) is 5.75 Å². The minimum absolute atomic E-state index is 0.119. The molecule has 0 heterocycles. The van der Waals surface area contributed by atoms with Gasteiger partial charge in [0.25, 0.3) is 0 Å². The number of rotatable bonds is 5. The molecule has 0 unspecified atom stereocenters. The zero-order valence-electron chi connectivity index (χ0n) is 12.3. The number of nitrogens with zero attached hydrogens (tertiary/aromatic N) is 1. The molecule has 114 valence electrons. The van der Waals surface area contributed by atoms with Crippen LogP contribution >= 0.6 is 11.6 Å². The number of aromatic carboxylic acids is 1. The fourth-order valence-corrected chi connectivity index (χ4v) is 2.11. The molecule has 2 rings (SSSR count). The van der Waals surface area contributed by atoms with Crippen LogP contribution in [0.1, 0.15) is 28.4 Å². The summed E-state index contributed by atoms with van der Waals surface area (Å²) in [6.45, 7) is 4.15. The van der Waals surface area contributed by atoms with Crippen molar-refractivity contribution in [3.8, 4) is 5.75 Å². The molecule has 0 bridgehead atoms. The van der Waals surface area contributed by atoms with E-state index in [9.17, 15) is 9.90 Å². The summed E-state index contributed by atoms with van der Waals surface area (Å²) in [5.41, 5.74) is 2.54. The molecule has 5 heteroatoms. The van der Waals surface area contributed by atoms with E-state index >= 15 is 0 Å². The molecule has 0 radical (unpaired) electrons. The van der Waals surface area contributed by atoms with E-state index in [0.29, 0.717) is 22.9 Å². The zero-order valence-corrected chi connectivity index (χ0v) is 13.1. The Bertz CT molecular complexity index is 726. The van der Waals surface area contributed by atoms with E-state index in [1.807, 2.05) is 19.9 Å². The van der Waals surface area contributed by atoms with Crippen LogP contribution in [-0.4, -0.2) is 23.9 Å². The molecule has 0 aliphatic carbocycles. The standard InChI is InChI=1S/C17H16ClNO3/c1-3-22-16-7-5-12(8-14(16)17(20)21)10-19-15-9-13(18)6-4-11(15)2/h4-10H,3H2,1-2H3,(H,20,21). The minimum atomic E-state index is -1.03. The Hall–Kier alpha value is -2.33. The first-order chi connectivity index (χ1) is 10.5. The van der Waals surface area contributed by atoms with Crippen LogP contribution in [0.4, 0.5) is 5.69 Å². The lowest BCUT2D eigenvalue weighted by Gasteiger charge is -2.07. The molecule has 0 atom stereocenters.